The maximum absolute atomic E-state index is 9.99. The van der Waals surface area contributed by atoms with Crippen LogP contribution in [0.4, 0.5) is 5.95 Å². The summed E-state index contributed by atoms with van der Waals surface area (Å²) in [5.41, 5.74) is 5.86. The highest BCUT2D eigenvalue weighted by Gasteiger charge is 2.23. The third kappa shape index (κ3) is 5.90. The minimum Gasteiger partial charge on any atom is -0.488 e. The Bertz CT molecular complexity index is 1060. The molecule has 2 aromatic carbocycles. The Morgan fingerprint density at radius 3 is 2.61 bits per heavy atom. The fourth-order valence-electron chi connectivity index (χ4n) is 4.93. The van der Waals surface area contributed by atoms with Gasteiger partial charge in [-0.2, -0.15) is 0 Å². The first-order valence-corrected chi connectivity index (χ1v) is 11.8. The number of aliphatic hydroxyl groups excluding tert-OH is 1. The standard InChI is InChI=1S/C26H35N5O2/c1-18-7-5-9-22(11-18)17-33-25-19(2)12-23(13-20(25)3)15-30(4)26-27-28-29-31(26)16-21-8-6-10-24(32)14-21/h5,7,9,11-13,21,24,32H,6,8,10,14-17H2,1-4H3. The van der Waals surface area contributed by atoms with Crippen molar-refractivity contribution in [1.82, 2.24) is 20.2 Å². The average molecular weight is 450 g/mol. The molecule has 2 unspecified atom stereocenters. The second-order valence-electron chi connectivity index (χ2n) is 9.54. The fourth-order valence-corrected chi connectivity index (χ4v) is 4.93. The van der Waals surface area contributed by atoms with Crippen LogP contribution in [0.25, 0.3) is 0 Å². The van der Waals surface area contributed by atoms with Crippen LogP contribution in [-0.4, -0.2) is 38.5 Å². The minimum absolute atomic E-state index is 0.195. The summed E-state index contributed by atoms with van der Waals surface area (Å²) < 4.78 is 8.06. The van der Waals surface area contributed by atoms with Crippen molar-refractivity contribution in [3.63, 3.8) is 0 Å². The predicted molar refractivity (Wildman–Crippen MR) is 129 cm³/mol. The third-order valence-electron chi connectivity index (χ3n) is 6.45. The highest BCUT2D eigenvalue weighted by molar-refractivity contribution is 5.45. The predicted octanol–water partition coefficient (Wildman–Crippen LogP) is 4.36. The van der Waals surface area contributed by atoms with Crippen LogP contribution in [-0.2, 0) is 19.7 Å². The lowest BCUT2D eigenvalue weighted by atomic mass is 9.87. The number of rotatable bonds is 8. The van der Waals surface area contributed by atoms with Crippen molar-refractivity contribution in [2.45, 2.75) is 72.3 Å². The third-order valence-corrected chi connectivity index (χ3v) is 6.45. The lowest BCUT2D eigenvalue weighted by Gasteiger charge is -2.26. The molecule has 0 amide bonds. The molecule has 7 heteroatoms. The van der Waals surface area contributed by atoms with Gasteiger partial charge in [0.1, 0.15) is 12.4 Å². The normalized spacial score (nSPS) is 18.3. The molecular weight excluding hydrogens is 414 g/mol. The lowest BCUT2D eigenvalue weighted by Crippen LogP contribution is -2.26. The molecule has 7 nitrogen and oxygen atoms in total. The molecule has 33 heavy (non-hydrogen) atoms. The SMILES string of the molecule is Cc1cccc(COc2c(C)cc(CN(C)c3nnnn3CC3CCCC(O)C3)cc2C)c1. The zero-order valence-corrected chi connectivity index (χ0v) is 20.2. The zero-order chi connectivity index (χ0) is 23.4. The Hall–Kier alpha value is -2.93. The highest BCUT2D eigenvalue weighted by atomic mass is 16.5. The molecule has 4 rings (SSSR count). The van der Waals surface area contributed by atoms with Crippen LogP contribution in [0.5, 0.6) is 5.75 Å². The largest absolute Gasteiger partial charge is 0.488 e. The summed E-state index contributed by atoms with van der Waals surface area (Å²) in [5, 5.41) is 22.4. The van der Waals surface area contributed by atoms with Gasteiger partial charge in [-0.3, -0.25) is 0 Å². The van der Waals surface area contributed by atoms with Crippen LogP contribution in [0.15, 0.2) is 36.4 Å². The Labute approximate surface area is 196 Å². The second-order valence-corrected chi connectivity index (χ2v) is 9.54. The number of ether oxygens (including phenoxy) is 1. The maximum Gasteiger partial charge on any atom is 0.245 e. The van der Waals surface area contributed by atoms with Crippen LogP contribution >= 0.6 is 0 Å². The molecule has 176 valence electrons. The van der Waals surface area contributed by atoms with E-state index in [1.54, 1.807) is 0 Å². The van der Waals surface area contributed by atoms with Crippen LogP contribution < -0.4 is 9.64 Å². The number of hydrogen-bond acceptors (Lipinski definition) is 6. The van der Waals surface area contributed by atoms with Gasteiger partial charge < -0.3 is 14.7 Å². The van der Waals surface area contributed by atoms with E-state index < -0.39 is 0 Å². The first-order chi connectivity index (χ1) is 15.9. The molecule has 1 aliphatic rings. The molecule has 0 saturated heterocycles. The van der Waals surface area contributed by atoms with Crippen LogP contribution in [0.1, 0.15) is 53.5 Å². The van der Waals surface area contributed by atoms with Gasteiger partial charge in [0.05, 0.1) is 6.10 Å². The summed E-state index contributed by atoms with van der Waals surface area (Å²) in [6.07, 6.45) is 3.71. The Kier molecular flexibility index (Phi) is 7.28. The van der Waals surface area contributed by atoms with Crippen molar-refractivity contribution in [1.29, 1.82) is 0 Å². The van der Waals surface area contributed by atoms with E-state index >= 15 is 0 Å². The Morgan fingerprint density at radius 2 is 1.88 bits per heavy atom. The van der Waals surface area contributed by atoms with Crippen LogP contribution in [0, 0.1) is 26.7 Å². The molecule has 1 aromatic heterocycles. The van der Waals surface area contributed by atoms with E-state index in [0.29, 0.717) is 19.1 Å². The van der Waals surface area contributed by atoms with Gasteiger partial charge in [0.25, 0.3) is 0 Å². The van der Waals surface area contributed by atoms with Gasteiger partial charge in [0, 0.05) is 20.1 Å². The summed E-state index contributed by atoms with van der Waals surface area (Å²) in [6.45, 7) is 8.30. The molecule has 0 aliphatic heterocycles. The Morgan fingerprint density at radius 1 is 1.09 bits per heavy atom. The van der Waals surface area contributed by atoms with Gasteiger partial charge in [-0.25, -0.2) is 4.68 Å². The van der Waals surface area contributed by atoms with E-state index in [9.17, 15) is 5.11 Å². The van der Waals surface area contributed by atoms with Crippen molar-refractivity contribution < 1.29 is 9.84 Å². The molecule has 1 heterocycles. The number of aliphatic hydroxyl groups is 1. The van der Waals surface area contributed by atoms with Crippen molar-refractivity contribution in [3.8, 4) is 5.75 Å². The van der Waals surface area contributed by atoms with Crippen LogP contribution in [0.3, 0.4) is 0 Å². The summed E-state index contributed by atoms with van der Waals surface area (Å²) in [6, 6.07) is 12.8. The number of hydrogen-bond donors (Lipinski definition) is 1. The molecule has 2 atom stereocenters. The van der Waals surface area contributed by atoms with Crippen molar-refractivity contribution in [3.05, 3.63) is 64.2 Å². The van der Waals surface area contributed by atoms with E-state index in [-0.39, 0.29) is 6.10 Å². The zero-order valence-electron chi connectivity index (χ0n) is 20.2. The van der Waals surface area contributed by atoms with Gasteiger partial charge in [-0.15, -0.1) is 0 Å². The topological polar surface area (TPSA) is 76.3 Å². The summed E-state index contributed by atoms with van der Waals surface area (Å²) in [5.74, 6) is 2.12. The number of benzene rings is 2. The van der Waals surface area contributed by atoms with Gasteiger partial charge in [0.15, 0.2) is 0 Å². The number of tetrazole rings is 1. The first-order valence-electron chi connectivity index (χ1n) is 11.8. The van der Waals surface area contributed by atoms with Gasteiger partial charge >= 0.3 is 0 Å². The number of nitrogens with zero attached hydrogens (tertiary/aromatic N) is 5. The van der Waals surface area contributed by atoms with Crippen molar-refractivity contribution in [2.24, 2.45) is 5.92 Å². The molecule has 0 bridgehead atoms. The van der Waals surface area contributed by atoms with Gasteiger partial charge in [-0.05, 0) is 78.6 Å². The maximum atomic E-state index is 9.99. The molecule has 0 spiro atoms. The highest BCUT2D eigenvalue weighted by Crippen LogP contribution is 2.28. The summed E-state index contributed by atoms with van der Waals surface area (Å²) >= 11 is 0. The Balaban J connectivity index is 1.41. The molecule has 1 N–H and O–H groups in total. The lowest BCUT2D eigenvalue weighted by molar-refractivity contribution is 0.0940. The van der Waals surface area contributed by atoms with Crippen molar-refractivity contribution in [2.75, 3.05) is 11.9 Å². The average Bonchev–Trinajstić information content (AvgIpc) is 3.21. The van der Waals surface area contributed by atoms with Crippen molar-refractivity contribution >= 4 is 5.95 Å². The fraction of sp³-hybridized carbons (Fsp3) is 0.500. The first kappa shape index (κ1) is 23.2. The molecule has 1 fully saturated rings. The molecule has 1 saturated carbocycles. The summed E-state index contributed by atoms with van der Waals surface area (Å²) in [7, 11) is 2.02. The smallest absolute Gasteiger partial charge is 0.245 e. The van der Waals surface area contributed by atoms with E-state index in [0.717, 1.165) is 55.1 Å². The number of aryl methyl sites for hydroxylation is 3. The number of anilines is 1. The summed E-state index contributed by atoms with van der Waals surface area (Å²) in [4.78, 5) is 2.08. The molecular formula is C26H35N5O2. The van der Waals surface area contributed by atoms with E-state index in [1.165, 1.54) is 16.7 Å². The monoisotopic (exact) mass is 449 g/mol. The number of aromatic nitrogens is 4. The van der Waals surface area contributed by atoms with Gasteiger partial charge in [0.2, 0.25) is 5.95 Å². The molecule has 0 radical (unpaired) electrons. The minimum atomic E-state index is -0.195. The molecule has 1 aliphatic carbocycles. The van der Waals surface area contributed by atoms with E-state index in [1.807, 2.05) is 11.7 Å². The van der Waals surface area contributed by atoms with E-state index in [4.69, 9.17) is 4.74 Å². The van der Waals surface area contributed by atoms with E-state index in [2.05, 4.69) is 77.6 Å². The van der Waals surface area contributed by atoms with Crippen LogP contribution in [0.2, 0.25) is 0 Å². The van der Waals surface area contributed by atoms with Gasteiger partial charge in [-0.1, -0.05) is 53.5 Å². The second kappa shape index (κ2) is 10.3. The molecule has 3 aromatic rings. The quantitative estimate of drug-likeness (QED) is 0.551.